The molecule has 0 aliphatic heterocycles. The van der Waals surface area contributed by atoms with Gasteiger partial charge in [-0.25, -0.2) is 4.98 Å². The highest BCUT2D eigenvalue weighted by Gasteiger charge is 2.05. The number of pyridine rings is 1. The third-order valence-corrected chi connectivity index (χ3v) is 3.01. The van der Waals surface area contributed by atoms with E-state index in [0.29, 0.717) is 19.0 Å². The summed E-state index contributed by atoms with van der Waals surface area (Å²) in [5.41, 5.74) is 1.98. The average molecular weight is 288 g/mol. The molecule has 1 aromatic heterocycles. The predicted octanol–water partition coefficient (Wildman–Crippen LogP) is 3.11. The molecule has 0 spiro atoms. The molecule has 0 radical (unpaired) electrons. The molecular weight excluding hydrogens is 268 g/mol. The molecule has 5 heteroatoms. The van der Waals surface area contributed by atoms with Crippen molar-refractivity contribution >= 4 is 5.69 Å². The molecular formula is C16H20N2O3. The molecule has 0 saturated carbocycles. The number of rotatable bonds is 7. The van der Waals surface area contributed by atoms with Crippen molar-refractivity contribution in [3.63, 3.8) is 0 Å². The summed E-state index contributed by atoms with van der Waals surface area (Å²) < 4.78 is 15.9. The molecule has 1 N–H and O–H groups in total. The molecule has 0 saturated heterocycles. The minimum atomic E-state index is 0.614. The number of ether oxygens (including phenoxy) is 3. The molecule has 1 heterocycles. The van der Waals surface area contributed by atoms with Crippen LogP contribution in [0, 0.1) is 0 Å². The number of hydrogen-bond acceptors (Lipinski definition) is 5. The van der Waals surface area contributed by atoms with Gasteiger partial charge < -0.3 is 19.5 Å². The smallest absolute Gasteiger partial charge is 0.213 e. The van der Waals surface area contributed by atoms with Gasteiger partial charge >= 0.3 is 0 Å². The lowest BCUT2D eigenvalue weighted by molar-refractivity contribution is 0.327. The van der Waals surface area contributed by atoms with Crippen LogP contribution in [0.5, 0.6) is 17.4 Å². The van der Waals surface area contributed by atoms with E-state index in [1.807, 2.05) is 37.3 Å². The molecule has 1 aromatic carbocycles. The Bertz CT molecular complexity index is 570. The van der Waals surface area contributed by atoms with Crippen molar-refractivity contribution in [2.45, 2.75) is 13.5 Å². The van der Waals surface area contributed by atoms with Gasteiger partial charge in [0.05, 0.1) is 32.7 Å². The quantitative estimate of drug-likeness (QED) is 0.848. The van der Waals surface area contributed by atoms with Crippen molar-refractivity contribution in [2.24, 2.45) is 0 Å². The number of anilines is 1. The van der Waals surface area contributed by atoms with Gasteiger partial charge in [-0.3, -0.25) is 0 Å². The number of methoxy groups -OCH3 is 2. The molecule has 21 heavy (non-hydrogen) atoms. The molecule has 2 aromatic rings. The van der Waals surface area contributed by atoms with Crippen molar-refractivity contribution in [2.75, 3.05) is 26.1 Å². The zero-order chi connectivity index (χ0) is 15.1. The lowest BCUT2D eigenvalue weighted by atomic mass is 10.2. The first-order valence-corrected chi connectivity index (χ1v) is 6.80. The highest BCUT2D eigenvalue weighted by atomic mass is 16.5. The monoisotopic (exact) mass is 288 g/mol. The van der Waals surface area contributed by atoms with Crippen LogP contribution in [0.4, 0.5) is 5.69 Å². The van der Waals surface area contributed by atoms with E-state index in [0.717, 1.165) is 22.7 Å². The summed E-state index contributed by atoms with van der Waals surface area (Å²) in [6.07, 6.45) is 1.75. The second-order valence-corrected chi connectivity index (χ2v) is 4.35. The fraction of sp³-hybridized carbons (Fsp3) is 0.312. The van der Waals surface area contributed by atoms with Gasteiger partial charge in [0.15, 0.2) is 0 Å². The van der Waals surface area contributed by atoms with Crippen molar-refractivity contribution in [1.82, 2.24) is 4.98 Å². The summed E-state index contributed by atoms with van der Waals surface area (Å²) in [5, 5.41) is 3.30. The molecule has 0 bridgehead atoms. The molecule has 0 amide bonds. The lowest BCUT2D eigenvalue weighted by Gasteiger charge is -2.12. The lowest BCUT2D eigenvalue weighted by Crippen LogP contribution is -2.03. The minimum absolute atomic E-state index is 0.614. The van der Waals surface area contributed by atoms with Gasteiger partial charge in [-0.1, -0.05) is 0 Å². The van der Waals surface area contributed by atoms with Gasteiger partial charge in [-0.05, 0) is 25.1 Å². The highest BCUT2D eigenvalue weighted by molar-refractivity contribution is 5.46. The van der Waals surface area contributed by atoms with Crippen molar-refractivity contribution in [3.05, 3.63) is 42.1 Å². The summed E-state index contributed by atoms with van der Waals surface area (Å²) in [5.74, 6) is 2.20. The molecule has 112 valence electrons. The fourth-order valence-corrected chi connectivity index (χ4v) is 1.91. The van der Waals surface area contributed by atoms with Crippen molar-refractivity contribution < 1.29 is 14.2 Å². The summed E-state index contributed by atoms with van der Waals surface area (Å²) in [6.45, 7) is 3.19. The maximum absolute atomic E-state index is 5.37. The van der Waals surface area contributed by atoms with E-state index in [1.54, 1.807) is 20.4 Å². The second kappa shape index (κ2) is 7.38. The number of nitrogens with one attached hydrogen (secondary N) is 1. The van der Waals surface area contributed by atoms with Gasteiger partial charge in [0, 0.05) is 24.2 Å². The van der Waals surface area contributed by atoms with Crippen LogP contribution in [0.25, 0.3) is 0 Å². The molecule has 0 atom stereocenters. The van der Waals surface area contributed by atoms with Gasteiger partial charge in [-0.15, -0.1) is 0 Å². The normalized spacial score (nSPS) is 10.0. The zero-order valence-electron chi connectivity index (χ0n) is 12.6. The topological polar surface area (TPSA) is 52.6 Å². The first-order chi connectivity index (χ1) is 10.3. The van der Waals surface area contributed by atoms with Gasteiger partial charge in [0.25, 0.3) is 0 Å². The van der Waals surface area contributed by atoms with E-state index in [1.165, 1.54) is 0 Å². The van der Waals surface area contributed by atoms with E-state index < -0.39 is 0 Å². The largest absolute Gasteiger partial charge is 0.497 e. The first-order valence-electron chi connectivity index (χ1n) is 6.80. The van der Waals surface area contributed by atoms with Gasteiger partial charge in [0.1, 0.15) is 11.5 Å². The Hall–Kier alpha value is -2.43. The fourth-order valence-electron chi connectivity index (χ4n) is 1.91. The van der Waals surface area contributed by atoms with E-state index in [-0.39, 0.29) is 0 Å². The summed E-state index contributed by atoms with van der Waals surface area (Å²) in [6, 6.07) is 9.54. The van der Waals surface area contributed by atoms with Crippen LogP contribution in [0.2, 0.25) is 0 Å². The van der Waals surface area contributed by atoms with E-state index in [2.05, 4.69) is 10.3 Å². The van der Waals surface area contributed by atoms with Crippen molar-refractivity contribution in [1.29, 1.82) is 0 Å². The number of hydrogen-bond donors (Lipinski definition) is 1. The third-order valence-electron chi connectivity index (χ3n) is 3.01. The molecule has 0 aliphatic carbocycles. The summed E-state index contributed by atoms with van der Waals surface area (Å²) >= 11 is 0. The molecule has 2 rings (SSSR count). The molecule has 0 fully saturated rings. The van der Waals surface area contributed by atoms with Crippen LogP contribution in [0.15, 0.2) is 36.5 Å². The zero-order valence-corrected chi connectivity index (χ0v) is 12.6. The Labute approximate surface area is 124 Å². The Morgan fingerprint density at radius 2 is 1.95 bits per heavy atom. The maximum Gasteiger partial charge on any atom is 0.213 e. The van der Waals surface area contributed by atoms with Crippen LogP contribution in [0.1, 0.15) is 12.5 Å². The second-order valence-electron chi connectivity index (χ2n) is 4.35. The number of aromatic nitrogens is 1. The van der Waals surface area contributed by atoms with Crippen molar-refractivity contribution in [3.8, 4) is 17.4 Å². The number of nitrogens with zero attached hydrogens (tertiary/aromatic N) is 1. The van der Waals surface area contributed by atoms with Crippen LogP contribution in [-0.4, -0.2) is 25.8 Å². The Morgan fingerprint density at radius 1 is 1.10 bits per heavy atom. The molecule has 0 aliphatic rings. The first kappa shape index (κ1) is 15.0. The Balaban J connectivity index is 2.02. The standard InChI is InChI=1S/C16H20N2O3/c1-4-21-16-8-6-13(11-18-16)17-10-12-5-7-14(19-2)9-15(12)20-3/h5-9,11,17H,4,10H2,1-3H3. The SMILES string of the molecule is CCOc1ccc(NCc2ccc(OC)cc2OC)cn1. The predicted molar refractivity (Wildman–Crippen MR) is 82.3 cm³/mol. The Morgan fingerprint density at radius 3 is 2.57 bits per heavy atom. The maximum atomic E-state index is 5.37. The van der Waals surface area contributed by atoms with E-state index in [9.17, 15) is 0 Å². The molecule has 5 nitrogen and oxygen atoms in total. The van der Waals surface area contributed by atoms with Gasteiger partial charge in [-0.2, -0.15) is 0 Å². The van der Waals surface area contributed by atoms with E-state index >= 15 is 0 Å². The minimum Gasteiger partial charge on any atom is -0.497 e. The number of benzene rings is 1. The summed E-state index contributed by atoms with van der Waals surface area (Å²) in [7, 11) is 3.29. The third kappa shape index (κ3) is 4.02. The van der Waals surface area contributed by atoms with Crippen LogP contribution in [-0.2, 0) is 6.54 Å². The van der Waals surface area contributed by atoms with Crippen LogP contribution >= 0.6 is 0 Å². The van der Waals surface area contributed by atoms with E-state index in [4.69, 9.17) is 14.2 Å². The molecule has 0 unspecified atom stereocenters. The van der Waals surface area contributed by atoms with Crippen LogP contribution < -0.4 is 19.5 Å². The summed E-state index contributed by atoms with van der Waals surface area (Å²) in [4.78, 5) is 4.21. The Kier molecular flexibility index (Phi) is 5.26. The van der Waals surface area contributed by atoms with Crippen LogP contribution in [0.3, 0.4) is 0 Å². The van der Waals surface area contributed by atoms with Gasteiger partial charge in [0.2, 0.25) is 5.88 Å². The average Bonchev–Trinajstić information content (AvgIpc) is 2.54. The highest BCUT2D eigenvalue weighted by Crippen LogP contribution is 2.25.